The molecule has 1 aliphatic rings. The van der Waals surface area contributed by atoms with Crippen molar-refractivity contribution in [1.82, 2.24) is 20.0 Å². The number of para-hydroxylation sites is 1. The Morgan fingerprint density at radius 3 is 2.90 bits per heavy atom. The summed E-state index contributed by atoms with van der Waals surface area (Å²) < 4.78 is 5.66. The lowest BCUT2D eigenvalue weighted by Gasteiger charge is -2.33. The van der Waals surface area contributed by atoms with Gasteiger partial charge in [-0.1, -0.05) is 48.0 Å². The number of nitrogens with zero attached hydrogens (tertiary/aromatic N) is 5. The largest absolute Gasteiger partial charge is 0.337 e. The molecule has 0 saturated carbocycles. The van der Waals surface area contributed by atoms with E-state index in [2.05, 4.69) is 39.3 Å². The fourth-order valence-electron chi connectivity index (χ4n) is 4.08. The molecule has 0 spiro atoms. The second-order valence-corrected chi connectivity index (χ2v) is 7.63. The summed E-state index contributed by atoms with van der Waals surface area (Å²) in [5, 5.41) is 14.5. The molecule has 0 aliphatic carbocycles. The van der Waals surface area contributed by atoms with Crippen LogP contribution in [0.4, 0.5) is 0 Å². The number of piperidine rings is 1. The van der Waals surface area contributed by atoms with E-state index in [4.69, 9.17) is 14.8 Å². The average molecular weight is 395 g/mol. The Morgan fingerprint density at radius 1 is 1.03 bits per heavy atom. The Labute approximate surface area is 174 Å². The van der Waals surface area contributed by atoms with Gasteiger partial charge in [-0.3, -0.25) is 9.88 Å². The van der Waals surface area contributed by atoms with E-state index in [1.165, 1.54) is 0 Å². The zero-order valence-electron chi connectivity index (χ0n) is 16.5. The van der Waals surface area contributed by atoms with Crippen LogP contribution in [-0.2, 0) is 6.54 Å². The van der Waals surface area contributed by atoms with Gasteiger partial charge in [0.1, 0.15) is 0 Å². The molecular formula is C24H21N5O. The predicted octanol–water partition coefficient (Wildman–Crippen LogP) is 4.88. The molecule has 5 rings (SSSR count). The van der Waals surface area contributed by atoms with Gasteiger partial charge in [0.2, 0.25) is 11.7 Å². The number of fused-ring (bicyclic) bond motifs is 1. The lowest BCUT2D eigenvalue weighted by Crippen LogP contribution is -2.33. The van der Waals surface area contributed by atoms with Gasteiger partial charge < -0.3 is 4.52 Å². The predicted molar refractivity (Wildman–Crippen MR) is 113 cm³/mol. The molecule has 4 aromatic rings. The van der Waals surface area contributed by atoms with Crippen LogP contribution in [0.15, 0.2) is 65.2 Å². The van der Waals surface area contributed by atoms with Crippen LogP contribution < -0.4 is 0 Å². The van der Waals surface area contributed by atoms with Crippen molar-refractivity contribution in [3.63, 3.8) is 0 Å². The summed E-state index contributed by atoms with van der Waals surface area (Å²) >= 11 is 0. The normalized spacial score (nSPS) is 17.1. The molecular weight excluding hydrogens is 374 g/mol. The Morgan fingerprint density at radius 2 is 1.97 bits per heavy atom. The van der Waals surface area contributed by atoms with Crippen LogP contribution in [0.5, 0.6) is 0 Å². The summed E-state index contributed by atoms with van der Waals surface area (Å²) in [7, 11) is 0. The highest BCUT2D eigenvalue weighted by Gasteiger charge is 2.29. The molecule has 2 aromatic heterocycles. The monoisotopic (exact) mass is 395 g/mol. The van der Waals surface area contributed by atoms with Crippen molar-refractivity contribution in [2.24, 2.45) is 0 Å². The first-order valence-corrected chi connectivity index (χ1v) is 10.2. The molecule has 148 valence electrons. The number of rotatable bonds is 4. The molecule has 1 aliphatic heterocycles. The highest BCUT2D eigenvalue weighted by Crippen LogP contribution is 2.32. The van der Waals surface area contributed by atoms with Crippen molar-refractivity contribution in [3.05, 3.63) is 77.8 Å². The molecule has 1 unspecified atom stereocenters. The van der Waals surface area contributed by atoms with E-state index < -0.39 is 0 Å². The maximum atomic E-state index is 9.13. The van der Waals surface area contributed by atoms with Crippen molar-refractivity contribution < 1.29 is 4.52 Å². The van der Waals surface area contributed by atoms with Gasteiger partial charge in [0, 0.05) is 17.5 Å². The van der Waals surface area contributed by atoms with Crippen LogP contribution in [0.25, 0.3) is 22.3 Å². The fraction of sp³-hybridized carbons (Fsp3) is 0.250. The number of likely N-dealkylation sites (tertiary alicyclic amines) is 1. The van der Waals surface area contributed by atoms with Gasteiger partial charge >= 0.3 is 0 Å². The number of nitriles is 1. The molecule has 0 radical (unpaired) electrons. The first kappa shape index (κ1) is 18.5. The van der Waals surface area contributed by atoms with Gasteiger partial charge in [-0.2, -0.15) is 10.2 Å². The molecule has 6 heteroatoms. The molecule has 1 fully saturated rings. The zero-order valence-corrected chi connectivity index (χ0v) is 16.5. The summed E-state index contributed by atoms with van der Waals surface area (Å²) in [4.78, 5) is 11.9. The van der Waals surface area contributed by atoms with Gasteiger partial charge in [0.25, 0.3) is 0 Å². The zero-order chi connectivity index (χ0) is 20.3. The van der Waals surface area contributed by atoms with Crippen molar-refractivity contribution in [1.29, 1.82) is 5.26 Å². The van der Waals surface area contributed by atoms with Crippen molar-refractivity contribution in [2.45, 2.75) is 31.8 Å². The second kappa shape index (κ2) is 8.05. The second-order valence-electron chi connectivity index (χ2n) is 7.63. The van der Waals surface area contributed by atoms with Gasteiger partial charge in [-0.15, -0.1) is 0 Å². The Bertz CT molecular complexity index is 1230. The van der Waals surface area contributed by atoms with Crippen LogP contribution in [0.3, 0.4) is 0 Å². The molecule has 1 saturated heterocycles. The minimum atomic E-state index is 0.0763. The molecule has 2 aromatic carbocycles. The Balaban J connectivity index is 1.40. The van der Waals surface area contributed by atoms with E-state index in [-0.39, 0.29) is 6.04 Å². The fourth-order valence-corrected chi connectivity index (χ4v) is 4.08. The number of hydrogen-bond donors (Lipinski definition) is 0. The van der Waals surface area contributed by atoms with E-state index >= 15 is 0 Å². The number of aromatic nitrogens is 3. The quantitative estimate of drug-likeness (QED) is 0.490. The smallest absolute Gasteiger partial charge is 0.244 e. The van der Waals surface area contributed by atoms with Gasteiger partial charge in [-0.05, 0) is 43.7 Å². The van der Waals surface area contributed by atoms with E-state index in [9.17, 15) is 0 Å². The lowest BCUT2D eigenvalue weighted by atomic mass is 10.0. The molecule has 0 N–H and O–H groups in total. The molecule has 30 heavy (non-hydrogen) atoms. The highest BCUT2D eigenvalue weighted by atomic mass is 16.5. The third kappa shape index (κ3) is 3.68. The molecule has 0 amide bonds. The Kier molecular flexibility index (Phi) is 4.96. The van der Waals surface area contributed by atoms with Crippen LogP contribution in [0, 0.1) is 11.3 Å². The topological polar surface area (TPSA) is 78.8 Å². The standard InChI is InChI=1S/C24H21N5O/c25-15-17-6-5-8-19(14-17)23-27-24(30-28-23)22-10-3-4-13-29(22)16-20-12-11-18-7-1-2-9-21(18)26-20/h1-2,5-9,11-12,14,22H,3-4,10,13,16H2. The minimum absolute atomic E-state index is 0.0763. The average Bonchev–Trinajstić information content (AvgIpc) is 3.30. The summed E-state index contributed by atoms with van der Waals surface area (Å²) in [6, 6.07) is 21.9. The van der Waals surface area contributed by atoms with E-state index in [1.807, 2.05) is 30.3 Å². The lowest BCUT2D eigenvalue weighted by molar-refractivity contribution is 0.110. The first-order chi connectivity index (χ1) is 14.8. The maximum Gasteiger partial charge on any atom is 0.244 e. The Hall–Kier alpha value is -3.56. The van der Waals surface area contributed by atoms with Gasteiger partial charge in [-0.25, -0.2) is 0 Å². The summed E-state index contributed by atoms with van der Waals surface area (Å²) in [5.41, 5.74) is 3.44. The minimum Gasteiger partial charge on any atom is -0.337 e. The molecule has 0 bridgehead atoms. The molecule has 3 heterocycles. The number of benzene rings is 2. The third-order valence-electron chi connectivity index (χ3n) is 5.61. The van der Waals surface area contributed by atoms with Crippen LogP contribution in [-0.4, -0.2) is 26.6 Å². The van der Waals surface area contributed by atoms with Crippen molar-refractivity contribution in [2.75, 3.05) is 6.54 Å². The molecule has 1 atom stereocenters. The summed E-state index contributed by atoms with van der Waals surface area (Å²) in [5.74, 6) is 1.16. The van der Waals surface area contributed by atoms with Crippen molar-refractivity contribution >= 4 is 10.9 Å². The van der Waals surface area contributed by atoms with Crippen LogP contribution in [0.1, 0.15) is 42.5 Å². The van der Waals surface area contributed by atoms with Crippen molar-refractivity contribution in [3.8, 4) is 17.5 Å². The highest BCUT2D eigenvalue weighted by molar-refractivity contribution is 5.78. The first-order valence-electron chi connectivity index (χ1n) is 10.2. The number of hydrogen-bond acceptors (Lipinski definition) is 6. The van der Waals surface area contributed by atoms with Gasteiger partial charge in [0.05, 0.1) is 28.9 Å². The van der Waals surface area contributed by atoms with Gasteiger partial charge in [0.15, 0.2) is 0 Å². The van der Waals surface area contributed by atoms with E-state index in [0.717, 1.165) is 54.5 Å². The SMILES string of the molecule is N#Cc1cccc(-c2noc(C3CCCCN3Cc3ccc4ccccc4n3)n2)c1. The van der Waals surface area contributed by atoms with E-state index in [1.54, 1.807) is 12.1 Å². The van der Waals surface area contributed by atoms with Crippen LogP contribution >= 0.6 is 0 Å². The number of pyridine rings is 1. The summed E-state index contributed by atoms with van der Waals surface area (Å²) in [6.07, 6.45) is 3.26. The maximum absolute atomic E-state index is 9.13. The third-order valence-corrected chi connectivity index (χ3v) is 5.61. The summed E-state index contributed by atoms with van der Waals surface area (Å²) in [6.45, 7) is 1.72. The molecule has 6 nitrogen and oxygen atoms in total. The van der Waals surface area contributed by atoms with Crippen LogP contribution in [0.2, 0.25) is 0 Å². The van der Waals surface area contributed by atoms with E-state index in [0.29, 0.717) is 17.3 Å².